The van der Waals surface area contributed by atoms with Crippen molar-refractivity contribution in [3.8, 4) is 0 Å². The molecule has 0 bridgehead atoms. The zero-order valence-electron chi connectivity index (χ0n) is 15.7. The molecule has 0 fully saturated rings. The van der Waals surface area contributed by atoms with E-state index in [-0.39, 0.29) is 5.91 Å². The second kappa shape index (κ2) is 7.23. The molecule has 1 amide bonds. The third kappa shape index (κ3) is 3.56. The van der Waals surface area contributed by atoms with Gasteiger partial charge in [-0.25, -0.2) is 0 Å². The Morgan fingerprint density at radius 2 is 1.93 bits per heavy atom. The van der Waals surface area contributed by atoms with Crippen molar-refractivity contribution in [3.05, 3.63) is 83.2 Å². The molecule has 1 N–H and O–H groups in total. The molecular weight excluding hydrogens is 334 g/mol. The van der Waals surface area contributed by atoms with Crippen LogP contribution < -0.4 is 10.2 Å². The van der Waals surface area contributed by atoms with Gasteiger partial charge in [-0.1, -0.05) is 30.3 Å². The van der Waals surface area contributed by atoms with E-state index < -0.39 is 0 Å². The summed E-state index contributed by atoms with van der Waals surface area (Å²) in [5.74, 6) is -0.000681. The Labute approximate surface area is 159 Å². The topological polar surface area (TPSA) is 45.2 Å². The maximum absolute atomic E-state index is 13.1. The monoisotopic (exact) mass is 357 g/mol. The van der Waals surface area contributed by atoms with Crippen molar-refractivity contribution in [2.75, 3.05) is 16.8 Å². The summed E-state index contributed by atoms with van der Waals surface area (Å²) in [4.78, 5) is 19.3. The number of fused-ring (bicyclic) bond motifs is 1. The minimum Gasteiger partial charge on any atom is -0.354 e. The van der Waals surface area contributed by atoms with Crippen molar-refractivity contribution < 1.29 is 4.79 Å². The number of carbonyl (C=O) groups is 1. The number of pyridine rings is 1. The second-order valence-corrected chi connectivity index (χ2v) is 7.09. The molecule has 136 valence electrons. The fraction of sp³-hybridized carbons (Fsp3) is 0.217. The predicted molar refractivity (Wildman–Crippen MR) is 110 cm³/mol. The number of para-hydroxylation sites is 1. The minimum absolute atomic E-state index is 0.000681. The zero-order chi connectivity index (χ0) is 18.8. The normalized spacial score (nSPS) is 13.2. The van der Waals surface area contributed by atoms with Crippen molar-refractivity contribution >= 4 is 23.0 Å². The molecule has 1 aromatic heterocycles. The second-order valence-electron chi connectivity index (χ2n) is 7.09. The van der Waals surface area contributed by atoms with Gasteiger partial charge in [0, 0.05) is 24.1 Å². The van der Waals surface area contributed by atoms with Crippen LogP contribution >= 0.6 is 0 Å². The van der Waals surface area contributed by atoms with Crippen LogP contribution in [0.25, 0.3) is 0 Å². The molecule has 0 saturated heterocycles. The van der Waals surface area contributed by atoms with Gasteiger partial charge in [-0.05, 0) is 61.6 Å². The molecule has 4 heteroatoms. The fourth-order valence-corrected chi connectivity index (χ4v) is 3.55. The van der Waals surface area contributed by atoms with Gasteiger partial charge in [0.2, 0.25) is 0 Å². The minimum atomic E-state index is -0.000681. The number of rotatable bonds is 3. The van der Waals surface area contributed by atoms with Crippen LogP contribution in [0.5, 0.6) is 0 Å². The highest BCUT2D eigenvalue weighted by molar-refractivity contribution is 6.07. The standard InChI is InChI=1S/C23H23N3O/c1-16-9-10-17(2)21(12-16)25-20-13-19(14-24-15-20)23(27)26-11-5-7-18-6-3-4-8-22(18)26/h3-4,6,8-10,12-15,25H,5,7,11H2,1-2H3. The molecule has 2 aromatic carbocycles. The van der Waals surface area contributed by atoms with Crippen LogP contribution in [0.15, 0.2) is 60.9 Å². The van der Waals surface area contributed by atoms with Crippen molar-refractivity contribution in [2.24, 2.45) is 0 Å². The lowest BCUT2D eigenvalue weighted by Crippen LogP contribution is -2.35. The highest BCUT2D eigenvalue weighted by atomic mass is 16.2. The number of nitrogens with one attached hydrogen (secondary N) is 1. The predicted octanol–water partition coefficient (Wildman–Crippen LogP) is 5.04. The smallest absolute Gasteiger partial charge is 0.259 e. The number of amides is 1. The molecule has 1 aliphatic heterocycles. The highest BCUT2D eigenvalue weighted by Gasteiger charge is 2.23. The Kier molecular flexibility index (Phi) is 4.63. The average molecular weight is 357 g/mol. The quantitative estimate of drug-likeness (QED) is 0.715. The molecule has 0 unspecified atom stereocenters. The Morgan fingerprint density at radius 1 is 1.07 bits per heavy atom. The van der Waals surface area contributed by atoms with E-state index in [4.69, 9.17) is 0 Å². The molecule has 0 saturated carbocycles. The number of anilines is 3. The first-order chi connectivity index (χ1) is 13.1. The van der Waals surface area contributed by atoms with Gasteiger partial charge in [-0.2, -0.15) is 0 Å². The van der Waals surface area contributed by atoms with Crippen LogP contribution in [0.3, 0.4) is 0 Å². The number of carbonyl (C=O) groups excluding carboxylic acids is 1. The maximum Gasteiger partial charge on any atom is 0.259 e. The molecular formula is C23H23N3O. The molecule has 0 radical (unpaired) electrons. The van der Waals surface area contributed by atoms with Gasteiger partial charge in [-0.15, -0.1) is 0 Å². The lowest BCUT2D eigenvalue weighted by Gasteiger charge is -2.29. The summed E-state index contributed by atoms with van der Waals surface area (Å²) in [7, 11) is 0. The van der Waals surface area contributed by atoms with E-state index in [1.165, 1.54) is 11.1 Å². The van der Waals surface area contributed by atoms with Crippen LogP contribution in [-0.4, -0.2) is 17.4 Å². The number of aromatic nitrogens is 1. The fourth-order valence-electron chi connectivity index (χ4n) is 3.55. The summed E-state index contributed by atoms with van der Waals surface area (Å²) in [6.45, 7) is 4.87. The molecule has 0 atom stereocenters. The Bertz CT molecular complexity index is 996. The third-order valence-corrected chi connectivity index (χ3v) is 5.01. The first-order valence-electron chi connectivity index (χ1n) is 9.31. The summed E-state index contributed by atoms with van der Waals surface area (Å²) in [5.41, 5.74) is 7.04. The van der Waals surface area contributed by atoms with Gasteiger partial charge < -0.3 is 10.2 Å². The van der Waals surface area contributed by atoms with E-state index in [1.54, 1.807) is 12.4 Å². The van der Waals surface area contributed by atoms with Crippen LogP contribution in [-0.2, 0) is 6.42 Å². The van der Waals surface area contributed by atoms with Crippen molar-refractivity contribution in [1.29, 1.82) is 0 Å². The van der Waals surface area contributed by atoms with Crippen LogP contribution in [0.1, 0.15) is 33.5 Å². The highest BCUT2D eigenvalue weighted by Crippen LogP contribution is 2.29. The van der Waals surface area contributed by atoms with Crippen molar-refractivity contribution in [3.63, 3.8) is 0 Å². The van der Waals surface area contributed by atoms with Gasteiger partial charge in [0.25, 0.3) is 5.91 Å². The van der Waals surface area contributed by atoms with E-state index >= 15 is 0 Å². The van der Waals surface area contributed by atoms with Crippen LogP contribution in [0, 0.1) is 13.8 Å². The third-order valence-electron chi connectivity index (χ3n) is 5.01. The zero-order valence-corrected chi connectivity index (χ0v) is 15.7. The lowest BCUT2D eigenvalue weighted by molar-refractivity contribution is 0.0985. The van der Waals surface area contributed by atoms with E-state index in [1.807, 2.05) is 29.2 Å². The van der Waals surface area contributed by atoms with Crippen LogP contribution in [0.4, 0.5) is 17.1 Å². The number of benzene rings is 2. The number of hydrogen-bond donors (Lipinski definition) is 1. The molecule has 0 spiro atoms. The van der Waals surface area contributed by atoms with Gasteiger partial charge in [-0.3, -0.25) is 9.78 Å². The average Bonchev–Trinajstić information content (AvgIpc) is 2.70. The maximum atomic E-state index is 13.1. The molecule has 4 nitrogen and oxygen atoms in total. The number of aryl methyl sites for hydroxylation is 3. The number of nitrogens with zero attached hydrogens (tertiary/aromatic N) is 2. The SMILES string of the molecule is Cc1ccc(C)c(Nc2cncc(C(=O)N3CCCc4ccccc43)c2)c1. The summed E-state index contributed by atoms with van der Waals surface area (Å²) in [5, 5.41) is 3.40. The van der Waals surface area contributed by atoms with E-state index in [2.05, 4.69) is 48.4 Å². The van der Waals surface area contributed by atoms with Crippen LogP contribution in [0.2, 0.25) is 0 Å². The van der Waals surface area contributed by atoms with Gasteiger partial charge in [0.05, 0.1) is 17.4 Å². The molecule has 1 aliphatic rings. The molecule has 2 heterocycles. The van der Waals surface area contributed by atoms with Crippen molar-refractivity contribution in [1.82, 2.24) is 4.98 Å². The van der Waals surface area contributed by atoms with Gasteiger partial charge in [0.15, 0.2) is 0 Å². The molecule has 3 aromatic rings. The van der Waals surface area contributed by atoms with E-state index in [0.717, 1.165) is 42.0 Å². The Morgan fingerprint density at radius 3 is 2.81 bits per heavy atom. The van der Waals surface area contributed by atoms with E-state index in [9.17, 15) is 4.79 Å². The summed E-state index contributed by atoms with van der Waals surface area (Å²) >= 11 is 0. The van der Waals surface area contributed by atoms with Gasteiger partial charge in [0.1, 0.15) is 0 Å². The first kappa shape index (κ1) is 17.3. The number of hydrogen-bond acceptors (Lipinski definition) is 3. The Balaban J connectivity index is 1.61. The molecule has 27 heavy (non-hydrogen) atoms. The largest absolute Gasteiger partial charge is 0.354 e. The van der Waals surface area contributed by atoms with E-state index in [0.29, 0.717) is 5.56 Å². The summed E-state index contributed by atoms with van der Waals surface area (Å²) in [6, 6.07) is 16.3. The Hall–Kier alpha value is -3.14. The van der Waals surface area contributed by atoms with Gasteiger partial charge >= 0.3 is 0 Å². The van der Waals surface area contributed by atoms with Crippen molar-refractivity contribution in [2.45, 2.75) is 26.7 Å². The lowest BCUT2D eigenvalue weighted by atomic mass is 10.0. The summed E-state index contributed by atoms with van der Waals surface area (Å²) in [6.07, 6.45) is 5.40. The molecule has 4 rings (SSSR count). The first-order valence-corrected chi connectivity index (χ1v) is 9.31. The summed E-state index contributed by atoms with van der Waals surface area (Å²) < 4.78 is 0. The molecule has 0 aliphatic carbocycles.